The molecule has 150 valence electrons. The molecule has 27 heavy (non-hydrogen) atoms. The topological polar surface area (TPSA) is 156 Å². The van der Waals surface area contributed by atoms with Gasteiger partial charge in [0.15, 0.2) is 5.13 Å². The molecule has 12 heteroatoms. The van der Waals surface area contributed by atoms with Crippen LogP contribution in [0.4, 0.5) is 9.93 Å². The lowest BCUT2D eigenvalue weighted by Crippen LogP contribution is -2.53. The molecule has 0 fully saturated rings. The minimum Gasteiger partial charge on any atom is -0.476 e. The molecular weight excluding hydrogens is 378 g/mol. The monoisotopic (exact) mass is 401 g/mol. The molecule has 1 aromatic rings. The summed E-state index contributed by atoms with van der Waals surface area (Å²) in [6.07, 6.45) is -0.832. The van der Waals surface area contributed by atoms with Crippen molar-refractivity contribution in [3.8, 4) is 0 Å². The van der Waals surface area contributed by atoms with E-state index in [1.807, 2.05) is 0 Å². The Hall–Kier alpha value is -2.89. The summed E-state index contributed by atoms with van der Waals surface area (Å²) in [5, 5.41) is 15.2. The van der Waals surface area contributed by atoms with Crippen LogP contribution >= 0.6 is 11.3 Å². The van der Waals surface area contributed by atoms with Crippen LogP contribution in [0.3, 0.4) is 0 Å². The third-order valence-corrected chi connectivity index (χ3v) is 3.48. The first-order chi connectivity index (χ1) is 12.2. The lowest BCUT2D eigenvalue weighted by atomic mass is 10.1. The summed E-state index contributed by atoms with van der Waals surface area (Å²) in [4.78, 5) is 44.5. The number of aliphatic carboxylic acids is 1. The van der Waals surface area contributed by atoms with Gasteiger partial charge in [-0.3, -0.25) is 9.80 Å². The minimum atomic E-state index is -1.59. The Balaban J connectivity index is 2.86. The largest absolute Gasteiger partial charge is 0.476 e. The number of ether oxygens (including phenoxy) is 1. The number of rotatable bonds is 5. The van der Waals surface area contributed by atoms with E-state index in [1.54, 1.807) is 20.8 Å². The lowest BCUT2D eigenvalue weighted by Gasteiger charge is -2.28. The van der Waals surface area contributed by atoms with Gasteiger partial charge in [0.2, 0.25) is 11.3 Å². The summed E-state index contributed by atoms with van der Waals surface area (Å²) in [7, 11) is 1.29. The molecule has 0 aliphatic heterocycles. The molecule has 0 bridgehead atoms. The number of carboxylic acids is 1. The fourth-order valence-corrected chi connectivity index (χ4v) is 2.23. The number of nitrogens with one attached hydrogen (secondary N) is 1. The quantitative estimate of drug-likeness (QED) is 0.491. The minimum absolute atomic E-state index is 0.00786. The van der Waals surface area contributed by atoms with Gasteiger partial charge in [0, 0.05) is 12.4 Å². The molecule has 1 heterocycles. The van der Waals surface area contributed by atoms with Crippen LogP contribution in [0.1, 0.15) is 40.3 Å². The molecule has 0 aromatic carbocycles. The third kappa shape index (κ3) is 6.73. The van der Waals surface area contributed by atoms with E-state index in [9.17, 15) is 19.5 Å². The Kier molecular flexibility index (Phi) is 6.73. The van der Waals surface area contributed by atoms with Crippen LogP contribution < -0.4 is 11.2 Å². The van der Waals surface area contributed by atoms with Gasteiger partial charge in [-0.25, -0.2) is 20.0 Å². The lowest BCUT2D eigenvalue weighted by molar-refractivity contribution is -0.156. The smallest absolute Gasteiger partial charge is 0.426 e. The number of carbonyl (C=O) groups is 3. The van der Waals surface area contributed by atoms with Crippen molar-refractivity contribution >= 4 is 40.1 Å². The molecule has 0 spiro atoms. The summed E-state index contributed by atoms with van der Waals surface area (Å²) < 4.78 is 5.05. The molecule has 0 aliphatic carbocycles. The van der Waals surface area contributed by atoms with Gasteiger partial charge in [-0.15, -0.1) is 11.3 Å². The van der Waals surface area contributed by atoms with Crippen LogP contribution in [-0.2, 0) is 19.2 Å². The van der Waals surface area contributed by atoms with Crippen molar-refractivity contribution in [2.75, 3.05) is 12.8 Å². The van der Waals surface area contributed by atoms with Gasteiger partial charge in [-0.1, -0.05) is 5.16 Å². The molecule has 4 N–H and O–H groups in total. The third-order valence-electron chi connectivity index (χ3n) is 2.81. The number of nitrogens with zero attached hydrogens (tertiary/aromatic N) is 3. The number of nitrogens with two attached hydrogens (primary N) is 1. The number of thiazole rings is 1. The van der Waals surface area contributed by atoms with Gasteiger partial charge in [0.25, 0.3) is 5.91 Å². The molecule has 0 radical (unpaired) electrons. The number of carboxylic acid groups (broad SMARTS) is 1. The second kappa shape index (κ2) is 8.20. The van der Waals surface area contributed by atoms with Gasteiger partial charge in [0.05, 0.1) is 0 Å². The van der Waals surface area contributed by atoms with Gasteiger partial charge < -0.3 is 20.4 Å². The average molecular weight is 401 g/mol. The van der Waals surface area contributed by atoms with E-state index in [0.29, 0.717) is 0 Å². The number of likely N-dealkylation sites (N-methyl/N-ethyl adjacent to an activating group) is 1. The van der Waals surface area contributed by atoms with Crippen molar-refractivity contribution in [1.82, 2.24) is 15.4 Å². The number of nitrogen functional groups attached to an aromatic ring is 1. The van der Waals surface area contributed by atoms with Gasteiger partial charge in [-0.05, 0) is 34.6 Å². The Labute approximate surface area is 160 Å². The molecule has 0 saturated heterocycles. The number of aromatic nitrogens is 1. The molecular formula is C15H23N5O6S. The molecule has 0 aliphatic rings. The maximum Gasteiger partial charge on any atom is 0.426 e. The number of hydrazine groups is 1. The fourth-order valence-electron chi connectivity index (χ4n) is 1.68. The Morgan fingerprint density at radius 3 is 2.33 bits per heavy atom. The molecule has 2 amide bonds. The van der Waals surface area contributed by atoms with Gasteiger partial charge in [-0.2, -0.15) is 0 Å². The Morgan fingerprint density at radius 1 is 1.30 bits per heavy atom. The number of hydrogen-bond acceptors (Lipinski definition) is 9. The zero-order chi connectivity index (χ0) is 21.0. The van der Waals surface area contributed by atoms with Crippen molar-refractivity contribution in [1.29, 1.82) is 0 Å². The first kappa shape index (κ1) is 22.2. The van der Waals surface area contributed by atoms with Gasteiger partial charge >= 0.3 is 12.1 Å². The average Bonchev–Trinajstić information content (AvgIpc) is 2.90. The zero-order valence-corrected chi connectivity index (χ0v) is 16.7. The van der Waals surface area contributed by atoms with Crippen molar-refractivity contribution in [2.24, 2.45) is 5.16 Å². The number of carbonyl (C=O) groups excluding carboxylic acids is 2. The predicted molar refractivity (Wildman–Crippen MR) is 98.0 cm³/mol. The van der Waals surface area contributed by atoms with Crippen LogP contribution in [-0.4, -0.2) is 57.0 Å². The van der Waals surface area contributed by atoms with Crippen molar-refractivity contribution in [3.63, 3.8) is 0 Å². The van der Waals surface area contributed by atoms with E-state index >= 15 is 0 Å². The predicted octanol–water partition coefficient (Wildman–Crippen LogP) is 1.21. The number of anilines is 1. The van der Waals surface area contributed by atoms with Crippen LogP contribution in [0.5, 0.6) is 0 Å². The van der Waals surface area contributed by atoms with E-state index in [4.69, 9.17) is 15.3 Å². The van der Waals surface area contributed by atoms with Crippen molar-refractivity contribution < 1.29 is 29.1 Å². The second-order valence-electron chi connectivity index (χ2n) is 6.90. The number of amides is 2. The molecule has 0 saturated carbocycles. The van der Waals surface area contributed by atoms with Crippen LogP contribution in [0, 0.1) is 0 Å². The van der Waals surface area contributed by atoms with Crippen LogP contribution in [0.25, 0.3) is 0 Å². The zero-order valence-electron chi connectivity index (χ0n) is 15.9. The second-order valence-corrected chi connectivity index (χ2v) is 7.79. The highest BCUT2D eigenvalue weighted by Gasteiger charge is 2.35. The summed E-state index contributed by atoms with van der Waals surface area (Å²) in [5.74, 6) is -2.09. The van der Waals surface area contributed by atoms with Crippen molar-refractivity contribution in [3.05, 3.63) is 11.1 Å². The summed E-state index contributed by atoms with van der Waals surface area (Å²) in [6.45, 7) is 7.75. The Morgan fingerprint density at radius 2 is 1.89 bits per heavy atom. The normalized spacial score (nSPS) is 12.3. The summed E-state index contributed by atoms with van der Waals surface area (Å²) >= 11 is 1.04. The van der Waals surface area contributed by atoms with Crippen LogP contribution in [0.15, 0.2) is 10.5 Å². The first-order valence-electron chi connectivity index (χ1n) is 7.71. The van der Waals surface area contributed by atoms with Crippen molar-refractivity contribution in [2.45, 2.75) is 45.8 Å². The number of hydrogen-bond donors (Lipinski definition) is 3. The highest BCUT2D eigenvalue weighted by atomic mass is 32.1. The highest BCUT2D eigenvalue weighted by molar-refractivity contribution is 7.13. The standard InChI is InChI=1S/C15H23N5O6S/c1-14(2,3)25-13(24)18-20(6)11(23)15(4,5)26-19-9(10(21)22)8-7-27-12(16)17-8/h7H,1-6H3,(H2,16,17)(H,18,24)(H,21,22)/b19-9-. The van der Waals surface area contributed by atoms with E-state index in [1.165, 1.54) is 26.3 Å². The SMILES string of the molecule is CN(NC(=O)OC(C)(C)C)C(=O)C(C)(C)O/N=C(\C(=O)O)c1csc(N)n1. The summed E-state index contributed by atoms with van der Waals surface area (Å²) in [6, 6.07) is 0. The van der Waals surface area contributed by atoms with E-state index in [0.717, 1.165) is 16.3 Å². The van der Waals surface area contributed by atoms with E-state index in [-0.39, 0.29) is 10.8 Å². The molecule has 1 rings (SSSR count). The summed E-state index contributed by atoms with van der Waals surface area (Å²) in [5.41, 5.74) is 4.89. The van der Waals surface area contributed by atoms with E-state index in [2.05, 4.69) is 15.6 Å². The van der Waals surface area contributed by atoms with Gasteiger partial charge in [0.1, 0.15) is 11.3 Å². The molecule has 11 nitrogen and oxygen atoms in total. The maximum absolute atomic E-state index is 12.5. The molecule has 1 aromatic heterocycles. The van der Waals surface area contributed by atoms with Crippen LogP contribution in [0.2, 0.25) is 0 Å². The maximum atomic E-state index is 12.5. The van der Waals surface area contributed by atoms with E-state index < -0.39 is 34.9 Å². The molecule has 0 unspecified atom stereocenters. The number of oxime groups is 1. The molecule has 0 atom stereocenters. The highest BCUT2D eigenvalue weighted by Crippen LogP contribution is 2.16. The fraction of sp³-hybridized carbons (Fsp3) is 0.533. The Bertz CT molecular complexity index is 752. The first-order valence-corrected chi connectivity index (χ1v) is 8.59.